The normalized spacial score (nSPS) is 33.9. The third-order valence-corrected chi connectivity index (χ3v) is 4.00. The van der Waals surface area contributed by atoms with Crippen molar-refractivity contribution >= 4 is 6.34 Å². The summed E-state index contributed by atoms with van der Waals surface area (Å²) < 4.78 is 37.6. The molecule has 6 heteroatoms. The van der Waals surface area contributed by atoms with Crippen molar-refractivity contribution in [2.75, 3.05) is 19.6 Å². The van der Waals surface area contributed by atoms with Crippen molar-refractivity contribution < 1.29 is 13.2 Å². The predicted molar refractivity (Wildman–Crippen MR) is 69.3 cm³/mol. The van der Waals surface area contributed by atoms with Gasteiger partial charge in [0.25, 0.3) is 0 Å². The average molecular weight is 277 g/mol. The van der Waals surface area contributed by atoms with Crippen LogP contribution in [0.3, 0.4) is 0 Å². The maximum absolute atomic E-state index is 12.5. The topological polar surface area (TPSA) is 27.6 Å². The van der Waals surface area contributed by atoms with Gasteiger partial charge >= 0.3 is 6.18 Å². The van der Waals surface area contributed by atoms with E-state index in [1.54, 1.807) is 0 Å². The molecule has 2 aliphatic rings. The van der Waals surface area contributed by atoms with Gasteiger partial charge in [0.05, 0.1) is 18.3 Å². The highest BCUT2D eigenvalue weighted by Gasteiger charge is 2.41. The Labute approximate surface area is 112 Å². The first-order valence-electron chi connectivity index (χ1n) is 7.02. The molecule has 2 fully saturated rings. The van der Waals surface area contributed by atoms with Gasteiger partial charge in [-0.2, -0.15) is 13.2 Å². The summed E-state index contributed by atoms with van der Waals surface area (Å²) in [5.41, 5.74) is 0. The fourth-order valence-electron chi connectivity index (χ4n) is 2.81. The number of alkyl halides is 3. The molecule has 1 aliphatic carbocycles. The Hall–Kier alpha value is -0.780. The molecule has 1 heterocycles. The fraction of sp³-hybridized carbons (Fsp3) is 0.923. The molecule has 1 saturated carbocycles. The van der Waals surface area contributed by atoms with Gasteiger partial charge in [-0.1, -0.05) is 0 Å². The van der Waals surface area contributed by atoms with Crippen LogP contribution in [0.5, 0.6) is 0 Å². The highest BCUT2D eigenvalue weighted by Crippen LogP contribution is 2.38. The van der Waals surface area contributed by atoms with Crippen molar-refractivity contribution in [2.24, 2.45) is 10.9 Å². The fourth-order valence-corrected chi connectivity index (χ4v) is 2.81. The third-order valence-electron chi connectivity index (χ3n) is 4.00. The van der Waals surface area contributed by atoms with E-state index in [1.807, 2.05) is 6.34 Å². The lowest BCUT2D eigenvalue weighted by molar-refractivity contribution is -0.182. The molecule has 0 spiro atoms. The molecule has 110 valence electrons. The highest BCUT2D eigenvalue weighted by atomic mass is 19.4. The summed E-state index contributed by atoms with van der Waals surface area (Å²) >= 11 is 0. The minimum Gasteiger partial charge on any atom is -0.360 e. The molecule has 0 aromatic carbocycles. The van der Waals surface area contributed by atoms with E-state index in [0.717, 1.165) is 19.6 Å². The van der Waals surface area contributed by atoms with Crippen molar-refractivity contribution in [3.8, 4) is 0 Å². The minimum absolute atomic E-state index is 0.0730. The summed E-state index contributed by atoms with van der Waals surface area (Å²) in [5.74, 6) is -1.11. The lowest BCUT2D eigenvalue weighted by Gasteiger charge is -2.31. The Morgan fingerprint density at radius 3 is 2.47 bits per heavy atom. The first kappa shape index (κ1) is 14.6. The van der Waals surface area contributed by atoms with Crippen LogP contribution in [0.1, 0.15) is 32.6 Å². The molecule has 1 aliphatic heterocycles. The number of nitrogens with one attached hydrogen (secondary N) is 1. The van der Waals surface area contributed by atoms with Gasteiger partial charge in [0.1, 0.15) is 0 Å². The van der Waals surface area contributed by atoms with Crippen LogP contribution in [0.15, 0.2) is 4.99 Å². The Balaban J connectivity index is 1.76. The molecule has 0 amide bonds. The monoisotopic (exact) mass is 277 g/mol. The van der Waals surface area contributed by atoms with Gasteiger partial charge in [-0.05, 0) is 32.6 Å². The van der Waals surface area contributed by atoms with E-state index < -0.39 is 12.1 Å². The van der Waals surface area contributed by atoms with Crippen LogP contribution >= 0.6 is 0 Å². The van der Waals surface area contributed by atoms with Crippen LogP contribution in [-0.2, 0) is 0 Å². The zero-order chi connectivity index (χ0) is 13.9. The van der Waals surface area contributed by atoms with Gasteiger partial charge < -0.3 is 10.2 Å². The first-order valence-corrected chi connectivity index (χ1v) is 7.02. The van der Waals surface area contributed by atoms with E-state index in [2.05, 4.69) is 22.1 Å². The van der Waals surface area contributed by atoms with Crippen molar-refractivity contribution in [1.29, 1.82) is 0 Å². The van der Waals surface area contributed by atoms with E-state index in [9.17, 15) is 13.2 Å². The molecule has 2 rings (SSSR count). The second-order valence-corrected chi connectivity index (χ2v) is 5.66. The number of hydrogen-bond donors (Lipinski definition) is 1. The maximum atomic E-state index is 12.5. The summed E-state index contributed by atoms with van der Waals surface area (Å²) in [6, 6.07) is 0.518. The minimum atomic E-state index is -4.03. The van der Waals surface area contributed by atoms with E-state index in [1.165, 1.54) is 0 Å². The highest BCUT2D eigenvalue weighted by molar-refractivity contribution is 5.55. The molecular weight excluding hydrogens is 255 g/mol. The smallest absolute Gasteiger partial charge is 0.360 e. The number of rotatable bonds is 2. The SMILES string of the molecule is C[C@H]1CN(C=NC2CCC(C(F)(F)F)CC2)CCN1. The predicted octanol–water partition coefficient (Wildman–Crippen LogP) is 2.43. The molecule has 0 radical (unpaired) electrons. The van der Waals surface area contributed by atoms with E-state index in [0.29, 0.717) is 18.9 Å². The second kappa shape index (κ2) is 6.11. The van der Waals surface area contributed by atoms with Gasteiger partial charge in [-0.25, -0.2) is 0 Å². The molecule has 0 aromatic heterocycles. The van der Waals surface area contributed by atoms with Crippen LogP contribution in [-0.4, -0.2) is 49.1 Å². The van der Waals surface area contributed by atoms with E-state index in [4.69, 9.17) is 0 Å². The van der Waals surface area contributed by atoms with Crippen LogP contribution in [0.25, 0.3) is 0 Å². The maximum Gasteiger partial charge on any atom is 0.391 e. The van der Waals surface area contributed by atoms with Crippen LogP contribution < -0.4 is 5.32 Å². The number of aliphatic imine (C=N–C) groups is 1. The van der Waals surface area contributed by atoms with Gasteiger partial charge in [0, 0.05) is 25.7 Å². The number of nitrogens with zero attached hydrogens (tertiary/aromatic N) is 2. The second-order valence-electron chi connectivity index (χ2n) is 5.66. The summed E-state index contributed by atoms with van der Waals surface area (Å²) in [6.45, 7) is 4.90. The largest absolute Gasteiger partial charge is 0.391 e. The summed E-state index contributed by atoms with van der Waals surface area (Å²) in [7, 11) is 0. The van der Waals surface area contributed by atoms with Crippen LogP contribution in [0.4, 0.5) is 13.2 Å². The average Bonchev–Trinajstić information content (AvgIpc) is 2.36. The Morgan fingerprint density at radius 2 is 1.89 bits per heavy atom. The zero-order valence-electron chi connectivity index (χ0n) is 11.3. The molecule has 19 heavy (non-hydrogen) atoms. The lowest BCUT2D eigenvalue weighted by atomic mass is 9.86. The molecule has 0 aromatic rings. The number of piperazine rings is 1. The lowest BCUT2D eigenvalue weighted by Crippen LogP contribution is -2.48. The number of halogens is 3. The Kier molecular flexibility index (Phi) is 4.71. The zero-order valence-corrected chi connectivity index (χ0v) is 11.3. The molecule has 0 bridgehead atoms. The molecule has 1 saturated heterocycles. The van der Waals surface area contributed by atoms with E-state index >= 15 is 0 Å². The van der Waals surface area contributed by atoms with E-state index in [-0.39, 0.29) is 18.9 Å². The molecule has 1 atom stereocenters. The number of hydrogen-bond acceptors (Lipinski definition) is 2. The standard InChI is InChI=1S/C13H22F3N3/c1-10-8-19(7-6-17-10)9-18-12-4-2-11(3-5-12)13(14,15)16/h9-12,17H,2-8H2,1H3/t10-,11?,12?/m0/s1. The summed E-state index contributed by atoms with van der Waals surface area (Å²) in [4.78, 5) is 6.61. The van der Waals surface area contributed by atoms with Gasteiger partial charge in [-0.15, -0.1) is 0 Å². The Bertz CT molecular complexity index is 309. The van der Waals surface area contributed by atoms with Crippen molar-refractivity contribution in [1.82, 2.24) is 10.2 Å². The summed E-state index contributed by atoms with van der Waals surface area (Å²) in [6.07, 6.45) is -0.615. The van der Waals surface area contributed by atoms with Gasteiger partial charge in [0.2, 0.25) is 0 Å². The van der Waals surface area contributed by atoms with Crippen molar-refractivity contribution in [3.05, 3.63) is 0 Å². The quantitative estimate of drug-likeness (QED) is 0.620. The Morgan fingerprint density at radius 1 is 1.21 bits per heavy atom. The molecule has 3 nitrogen and oxygen atoms in total. The van der Waals surface area contributed by atoms with Crippen LogP contribution in [0.2, 0.25) is 0 Å². The molecule has 1 N–H and O–H groups in total. The molecular formula is C13H22F3N3. The summed E-state index contributed by atoms with van der Waals surface area (Å²) in [5, 5.41) is 3.34. The van der Waals surface area contributed by atoms with Crippen molar-refractivity contribution in [3.63, 3.8) is 0 Å². The molecule has 0 unspecified atom stereocenters. The van der Waals surface area contributed by atoms with Crippen molar-refractivity contribution in [2.45, 2.75) is 50.9 Å². The third kappa shape index (κ3) is 4.37. The van der Waals surface area contributed by atoms with Gasteiger partial charge in [-0.3, -0.25) is 4.99 Å². The van der Waals surface area contributed by atoms with Gasteiger partial charge in [0.15, 0.2) is 0 Å². The first-order chi connectivity index (χ1) is 8.95. The van der Waals surface area contributed by atoms with Crippen LogP contribution in [0, 0.1) is 5.92 Å².